The molecular weight excluding hydrogens is 214 g/mol. The largest absolute Gasteiger partial charge is 0.298 e. The predicted octanol–water partition coefficient (Wildman–Crippen LogP) is 2.26. The second kappa shape index (κ2) is 4.78. The van der Waals surface area contributed by atoms with Gasteiger partial charge < -0.3 is 0 Å². The van der Waals surface area contributed by atoms with Crippen molar-refractivity contribution in [1.82, 2.24) is 15.3 Å². The molecular formula is C13H21N3O. The summed E-state index contributed by atoms with van der Waals surface area (Å²) >= 11 is 0. The number of aryl methyl sites for hydroxylation is 1. The Morgan fingerprint density at radius 2 is 2.12 bits per heavy atom. The van der Waals surface area contributed by atoms with Crippen molar-refractivity contribution in [1.29, 1.82) is 0 Å². The fourth-order valence-electron chi connectivity index (χ4n) is 3.01. The van der Waals surface area contributed by atoms with Gasteiger partial charge >= 0.3 is 0 Å². The summed E-state index contributed by atoms with van der Waals surface area (Å²) in [5.41, 5.74) is 5.97. The van der Waals surface area contributed by atoms with Crippen molar-refractivity contribution in [3.05, 3.63) is 17.5 Å². The summed E-state index contributed by atoms with van der Waals surface area (Å²) in [5.74, 6) is 0. The molecule has 17 heavy (non-hydrogen) atoms. The second-order valence-corrected chi connectivity index (χ2v) is 5.26. The van der Waals surface area contributed by atoms with Crippen molar-refractivity contribution >= 4 is 0 Å². The van der Waals surface area contributed by atoms with Crippen LogP contribution >= 0.6 is 0 Å². The molecule has 94 valence electrons. The van der Waals surface area contributed by atoms with Gasteiger partial charge in [-0.3, -0.25) is 9.52 Å². The third kappa shape index (κ3) is 2.24. The molecule has 0 radical (unpaired) electrons. The van der Waals surface area contributed by atoms with Crippen molar-refractivity contribution in [2.75, 3.05) is 0 Å². The van der Waals surface area contributed by atoms with Crippen LogP contribution in [0.2, 0.25) is 0 Å². The molecule has 1 aromatic heterocycles. The zero-order valence-electron chi connectivity index (χ0n) is 10.5. The number of nitrogens with zero attached hydrogens (tertiary/aromatic N) is 2. The number of hydrogen-bond donors (Lipinski definition) is 1. The monoisotopic (exact) mass is 235 g/mol. The minimum atomic E-state index is 0.341. The Bertz CT molecular complexity index is 382. The third-order valence-electron chi connectivity index (χ3n) is 4.05. The number of rotatable bonds is 3. The summed E-state index contributed by atoms with van der Waals surface area (Å²) in [5, 5.41) is 4.35. The van der Waals surface area contributed by atoms with Crippen molar-refractivity contribution in [3.8, 4) is 0 Å². The van der Waals surface area contributed by atoms with Crippen molar-refractivity contribution in [3.63, 3.8) is 0 Å². The van der Waals surface area contributed by atoms with Crippen molar-refractivity contribution in [2.45, 2.75) is 57.1 Å². The van der Waals surface area contributed by atoms with Crippen LogP contribution in [0.3, 0.4) is 0 Å². The number of nitrogens with one attached hydrogen (secondary N) is 1. The molecule has 0 aromatic carbocycles. The quantitative estimate of drug-likeness (QED) is 0.817. The molecule has 0 bridgehead atoms. The second-order valence-electron chi connectivity index (χ2n) is 5.26. The molecule has 2 aliphatic rings. The average molecular weight is 235 g/mol. The van der Waals surface area contributed by atoms with Crippen molar-refractivity contribution < 1.29 is 4.84 Å². The molecule has 0 amide bonds. The Morgan fingerprint density at radius 1 is 1.29 bits per heavy atom. The van der Waals surface area contributed by atoms with Gasteiger partial charge in [-0.15, -0.1) is 0 Å². The summed E-state index contributed by atoms with van der Waals surface area (Å²) in [6.45, 7) is 0. The van der Waals surface area contributed by atoms with E-state index in [4.69, 9.17) is 4.84 Å². The van der Waals surface area contributed by atoms with E-state index in [1.165, 1.54) is 43.4 Å². The van der Waals surface area contributed by atoms with Crippen molar-refractivity contribution in [2.24, 2.45) is 7.05 Å². The first-order valence-electron chi connectivity index (χ1n) is 6.76. The average Bonchev–Trinajstić information content (AvgIpc) is 2.97. The van der Waals surface area contributed by atoms with Gasteiger partial charge in [0, 0.05) is 18.3 Å². The third-order valence-corrected chi connectivity index (χ3v) is 4.05. The Balaban J connectivity index is 1.64. The SMILES string of the molecule is Cn1ncc2c1CCCC2NOC1CCCC1. The number of hydrogen-bond acceptors (Lipinski definition) is 3. The maximum atomic E-state index is 5.82. The minimum absolute atomic E-state index is 0.341. The maximum absolute atomic E-state index is 5.82. The lowest BCUT2D eigenvalue weighted by atomic mass is 9.94. The van der Waals surface area contributed by atoms with Crippen LogP contribution in [0.5, 0.6) is 0 Å². The summed E-state index contributed by atoms with van der Waals surface area (Å²) in [4.78, 5) is 5.82. The number of aromatic nitrogens is 2. The van der Waals surface area contributed by atoms with Crippen LogP contribution < -0.4 is 5.48 Å². The molecule has 4 nitrogen and oxygen atoms in total. The molecule has 0 spiro atoms. The Kier molecular flexibility index (Phi) is 3.16. The summed E-state index contributed by atoms with van der Waals surface area (Å²) in [6, 6.07) is 0.341. The van der Waals surface area contributed by atoms with Gasteiger partial charge in [0.1, 0.15) is 0 Å². The summed E-state index contributed by atoms with van der Waals surface area (Å²) < 4.78 is 2.00. The maximum Gasteiger partial charge on any atom is 0.0790 e. The van der Waals surface area contributed by atoms with Crippen LogP contribution in [0.1, 0.15) is 55.8 Å². The Hall–Kier alpha value is -0.870. The van der Waals surface area contributed by atoms with E-state index in [0.29, 0.717) is 12.1 Å². The molecule has 1 aromatic rings. The molecule has 1 fully saturated rings. The van der Waals surface area contributed by atoms with E-state index >= 15 is 0 Å². The molecule has 0 saturated heterocycles. The summed E-state index contributed by atoms with van der Waals surface area (Å²) in [6.07, 6.45) is 11.0. The van der Waals surface area contributed by atoms with E-state index in [2.05, 4.69) is 10.6 Å². The van der Waals surface area contributed by atoms with Gasteiger partial charge in [-0.25, -0.2) is 0 Å². The molecule has 2 aliphatic carbocycles. The van der Waals surface area contributed by atoms with Crippen LogP contribution in [0.25, 0.3) is 0 Å². The Morgan fingerprint density at radius 3 is 2.94 bits per heavy atom. The standard InChI is InChI=1S/C13H21N3O/c1-16-13-8-4-7-12(11(13)9-14-16)15-17-10-5-2-3-6-10/h9-10,12,15H,2-8H2,1H3. The Labute approximate surface area is 102 Å². The van der Waals surface area contributed by atoms with Gasteiger partial charge in [-0.05, 0) is 32.1 Å². The zero-order chi connectivity index (χ0) is 11.7. The van der Waals surface area contributed by atoms with Gasteiger partial charge in [-0.1, -0.05) is 12.8 Å². The van der Waals surface area contributed by atoms with Gasteiger partial charge in [0.15, 0.2) is 0 Å². The predicted molar refractivity (Wildman–Crippen MR) is 65.4 cm³/mol. The number of fused-ring (bicyclic) bond motifs is 1. The number of hydroxylamine groups is 1. The van der Waals surface area contributed by atoms with Crippen LogP contribution in [0.15, 0.2) is 6.20 Å². The van der Waals surface area contributed by atoms with Gasteiger partial charge in [0.25, 0.3) is 0 Å². The van der Waals surface area contributed by atoms with E-state index in [-0.39, 0.29) is 0 Å². The topological polar surface area (TPSA) is 39.1 Å². The first-order chi connectivity index (χ1) is 8.34. The first-order valence-corrected chi connectivity index (χ1v) is 6.76. The molecule has 1 heterocycles. The fraction of sp³-hybridized carbons (Fsp3) is 0.769. The summed E-state index contributed by atoms with van der Waals surface area (Å²) in [7, 11) is 2.03. The smallest absolute Gasteiger partial charge is 0.0790 e. The minimum Gasteiger partial charge on any atom is -0.298 e. The molecule has 1 atom stereocenters. The van der Waals surface area contributed by atoms with Crippen LogP contribution in [-0.4, -0.2) is 15.9 Å². The molecule has 1 unspecified atom stereocenters. The lowest BCUT2D eigenvalue weighted by Crippen LogP contribution is -2.29. The highest BCUT2D eigenvalue weighted by atomic mass is 16.7. The lowest BCUT2D eigenvalue weighted by Gasteiger charge is -2.25. The highest BCUT2D eigenvalue weighted by Gasteiger charge is 2.25. The van der Waals surface area contributed by atoms with Gasteiger partial charge in [0.2, 0.25) is 0 Å². The zero-order valence-corrected chi connectivity index (χ0v) is 10.5. The van der Waals surface area contributed by atoms with Gasteiger partial charge in [-0.2, -0.15) is 10.6 Å². The van der Waals surface area contributed by atoms with E-state index in [1.807, 2.05) is 17.9 Å². The normalized spacial score (nSPS) is 25.1. The first kappa shape index (κ1) is 11.2. The van der Waals surface area contributed by atoms with Crippen LogP contribution in [-0.2, 0) is 18.3 Å². The van der Waals surface area contributed by atoms with Gasteiger partial charge in [0.05, 0.1) is 18.3 Å². The highest BCUT2D eigenvalue weighted by Crippen LogP contribution is 2.30. The molecule has 1 saturated carbocycles. The molecule has 0 aliphatic heterocycles. The lowest BCUT2D eigenvalue weighted by molar-refractivity contribution is -0.0437. The molecule has 3 rings (SSSR count). The molecule has 4 heteroatoms. The fourth-order valence-corrected chi connectivity index (χ4v) is 3.01. The van der Waals surface area contributed by atoms with Crippen LogP contribution in [0.4, 0.5) is 0 Å². The van der Waals surface area contributed by atoms with Crippen LogP contribution in [0, 0.1) is 0 Å². The van der Waals surface area contributed by atoms with E-state index in [9.17, 15) is 0 Å². The molecule has 1 N–H and O–H groups in total. The van der Waals surface area contributed by atoms with E-state index in [1.54, 1.807) is 0 Å². The van der Waals surface area contributed by atoms with E-state index in [0.717, 1.165) is 12.8 Å². The highest BCUT2D eigenvalue weighted by molar-refractivity contribution is 5.24. The van der Waals surface area contributed by atoms with E-state index < -0.39 is 0 Å².